The molecule has 154 valence electrons. The fraction of sp³-hybridized carbons (Fsp3) is 0.455. The van der Waals surface area contributed by atoms with Crippen LogP contribution in [0, 0.1) is 18.8 Å². The van der Waals surface area contributed by atoms with Crippen LogP contribution in [-0.2, 0) is 16.8 Å². The largest absolute Gasteiger partial charge is 0.492 e. The maximum absolute atomic E-state index is 12.1. The van der Waals surface area contributed by atoms with Gasteiger partial charge in [0.2, 0.25) is 0 Å². The standard InChI is InChI=1S/C22H25ClN2O3S/c1-3-7-20(26)25-13-6-11-22(27,12-14-25)21-24-16(2)19(29-21)10-15-28-18-9-5-4-8-17(18)23/h4-5,8-9,27H,6,10-15H2,1-2H3. The van der Waals surface area contributed by atoms with Crippen molar-refractivity contribution in [3.63, 3.8) is 0 Å². The van der Waals surface area contributed by atoms with E-state index in [1.54, 1.807) is 17.9 Å². The van der Waals surface area contributed by atoms with Crippen LogP contribution in [0.2, 0.25) is 5.02 Å². The van der Waals surface area contributed by atoms with Gasteiger partial charge in [0, 0.05) is 30.8 Å². The van der Waals surface area contributed by atoms with Crippen molar-refractivity contribution in [3.8, 4) is 17.6 Å². The fourth-order valence-electron chi connectivity index (χ4n) is 3.40. The summed E-state index contributed by atoms with van der Waals surface area (Å²) in [5.41, 5.74) is -0.0958. The van der Waals surface area contributed by atoms with E-state index in [1.807, 2.05) is 25.1 Å². The van der Waals surface area contributed by atoms with Crippen LogP contribution in [0.3, 0.4) is 0 Å². The zero-order valence-electron chi connectivity index (χ0n) is 16.7. The minimum Gasteiger partial charge on any atom is -0.492 e. The SMILES string of the molecule is CC#CC(=O)N1CCCC(O)(c2nc(C)c(CCOc3ccccc3Cl)s2)CC1. The molecule has 0 spiro atoms. The molecule has 3 rings (SSSR count). The summed E-state index contributed by atoms with van der Waals surface area (Å²) in [5, 5.41) is 12.6. The number of likely N-dealkylation sites (tertiary alicyclic amines) is 1. The normalized spacial score (nSPS) is 19.2. The number of halogens is 1. The number of para-hydroxylation sites is 1. The van der Waals surface area contributed by atoms with Crippen LogP contribution in [0.25, 0.3) is 0 Å². The molecule has 0 aliphatic carbocycles. The van der Waals surface area contributed by atoms with Crippen LogP contribution >= 0.6 is 22.9 Å². The zero-order valence-corrected chi connectivity index (χ0v) is 18.3. The van der Waals surface area contributed by atoms with Crippen LogP contribution < -0.4 is 4.74 Å². The van der Waals surface area contributed by atoms with E-state index in [4.69, 9.17) is 16.3 Å². The summed E-state index contributed by atoms with van der Waals surface area (Å²) in [4.78, 5) is 19.5. The average molecular weight is 433 g/mol. The van der Waals surface area contributed by atoms with Gasteiger partial charge in [-0.3, -0.25) is 4.79 Å². The molecule has 2 aromatic rings. The molecule has 1 amide bonds. The van der Waals surface area contributed by atoms with Crippen molar-refractivity contribution < 1.29 is 14.6 Å². The van der Waals surface area contributed by atoms with Gasteiger partial charge in [-0.05, 0) is 44.7 Å². The van der Waals surface area contributed by atoms with Gasteiger partial charge in [0.15, 0.2) is 0 Å². The number of hydrogen-bond acceptors (Lipinski definition) is 5. The quantitative estimate of drug-likeness (QED) is 0.726. The Morgan fingerprint density at radius 2 is 2.17 bits per heavy atom. The van der Waals surface area contributed by atoms with Gasteiger partial charge in [0.25, 0.3) is 5.91 Å². The maximum atomic E-state index is 12.1. The first kappa shape index (κ1) is 21.6. The Hall–Kier alpha value is -2.07. The van der Waals surface area contributed by atoms with Crippen molar-refractivity contribution in [1.82, 2.24) is 9.88 Å². The molecule has 1 N–H and O–H groups in total. The molecule has 1 aromatic heterocycles. The van der Waals surface area contributed by atoms with E-state index in [-0.39, 0.29) is 5.91 Å². The smallest absolute Gasteiger partial charge is 0.298 e. The molecule has 7 heteroatoms. The van der Waals surface area contributed by atoms with Crippen molar-refractivity contribution in [2.75, 3.05) is 19.7 Å². The number of carbonyl (C=O) groups is 1. The van der Waals surface area contributed by atoms with Crippen LogP contribution in [0.1, 0.15) is 41.8 Å². The molecule has 1 saturated heterocycles. The summed E-state index contributed by atoms with van der Waals surface area (Å²) in [6, 6.07) is 7.40. The van der Waals surface area contributed by atoms with Gasteiger partial charge in [-0.15, -0.1) is 11.3 Å². The molecule has 2 heterocycles. The number of aryl methyl sites for hydroxylation is 1. The highest BCUT2D eigenvalue weighted by Gasteiger charge is 2.36. The minimum absolute atomic E-state index is 0.176. The monoisotopic (exact) mass is 432 g/mol. The van der Waals surface area contributed by atoms with E-state index in [2.05, 4.69) is 16.8 Å². The molecule has 1 aliphatic rings. The number of nitrogens with zero attached hydrogens (tertiary/aromatic N) is 2. The van der Waals surface area contributed by atoms with Crippen molar-refractivity contribution in [1.29, 1.82) is 0 Å². The minimum atomic E-state index is -1.01. The lowest BCUT2D eigenvalue weighted by Gasteiger charge is -2.24. The molecule has 1 fully saturated rings. The predicted octanol–water partition coefficient (Wildman–Crippen LogP) is 3.95. The Morgan fingerprint density at radius 1 is 1.38 bits per heavy atom. The number of aliphatic hydroxyl groups is 1. The van der Waals surface area contributed by atoms with E-state index in [0.29, 0.717) is 49.7 Å². The highest BCUT2D eigenvalue weighted by molar-refractivity contribution is 7.11. The van der Waals surface area contributed by atoms with Crippen LogP contribution in [0.5, 0.6) is 5.75 Å². The molecule has 1 unspecified atom stereocenters. The van der Waals surface area contributed by atoms with Crippen LogP contribution in [0.4, 0.5) is 0 Å². The summed E-state index contributed by atoms with van der Waals surface area (Å²) in [7, 11) is 0. The Bertz CT molecular complexity index is 934. The number of benzene rings is 1. The summed E-state index contributed by atoms with van der Waals surface area (Å²) in [6.07, 6.45) is 2.46. The van der Waals surface area contributed by atoms with E-state index in [0.717, 1.165) is 22.0 Å². The van der Waals surface area contributed by atoms with E-state index >= 15 is 0 Å². The Labute approximate surface area is 180 Å². The Balaban J connectivity index is 1.64. The fourth-order valence-corrected chi connectivity index (χ4v) is 4.78. The third kappa shape index (κ3) is 5.30. The molecule has 1 aromatic carbocycles. The molecular weight excluding hydrogens is 408 g/mol. The van der Waals surface area contributed by atoms with Gasteiger partial charge < -0.3 is 14.7 Å². The Morgan fingerprint density at radius 3 is 2.93 bits per heavy atom. The summed E-state index contributed by atoms with van der Waals surface area (Å²) >= 11 is 7.65. The van der Waals surface area contributed by atoms with Gasteiger partial charge in [-0.25, -0.2) is 4.98 Å². The summed E-state index contributed by atoms with van der Waals surface area (Å²) < 4.78 is 5.79. The summed E-state index contributed by atoms with van der Waals surface area (Å²) in [5.74, 6) is 5.72. The molecule has 0 bridgehead atoms. The van der Waals surface area contributed by atoms with E-state index in [9.17, 15) is 9.90 Å². The maximum Gasteiger partial charge on any atom is 0.298 e. The molecule has 5 nitrogen and oxygen atoms in total. The van der Waals surface area contributed by atoms with E-state index in [1.165, 1.54) is 11.3 Å². The van der Waals surface area contributed by atoms with Gasteiger partial charge in [0.1, 0.15) is 16.4 Å². The number of carbonyl (C=O) groups excluding carboxylic acids is 1. The van der Waals surface area contributed by atoms with E-state index < -0.39 is 5.60 Å². The third-order valence-electron chi connectivity index (χ3n) is 5.05. The van der Waals surface area contributed by atoms with Gasteiger partial charge in [-0.1, -0.05) is 29.7 Å². The first-order chi connectivity index (χ1) is 13.9. The lowest BCUT2D eigenvalue weighted by Crippen LogP contribution is -2.32. The number of thiazole rings is 1. The number of amides is 1. The summed E-state index contributed by atoms with van der Waals surface area (Å²) in [6.45, 7) is 5.19. The zero-order chi connectivity index (χ0) is 20.9. The molecule has 1 aliphatic heterocycles. The lowest BCUT2D eigenvalue weighted by molar-refractivity contribution is -0.125. The Kier molecular flexibility index (Phi) is 7.18. The molecule has 29 heavy (non-hydrogen) atoms. The van der Waals surface area contributed by atoms with Crippen molar-refractivity contribution in [2.24, 2.45) is 0 Å². The van der Waals surface area contributed by atoms with Gasteiger partial charge >= 0.3 is 0 Å². The second-order valence-electron chi connectivity index (χ2n) is 7.11. The second kappa shape index (κ2) is 9.62. The molecule has 0 saturated carbocycles. The highest BCUT2D eigenvalue weighted by atomic mass is 35.5. The van der Waals surface area contributed by atoms with Gasteiger partial charge in [-0.2, -0.15) is 0 Å². The molecular formula is C22H25ClN2O3S. The van der Waals surface area contributed by atoms with Crippen LogP contribution in [-0.4, -0.2) is 40.6 Å². The first-order valence-electron chi connectivity index (χ1n) is 9.71. The predicted molar refractivity (Wildman–Crippen MR) is 115 cm³/mol. The molecule has 0 radical (unpaired) electrons. The van der Waals surface area contributed by atoms with Crippen molar-refractivity contribution in [3.05, 3.63) is 44.9 Å². The molecule has 1 atom stereocenters. The highest BCUT2D eigenvalue weighted by Crippen LogP contribution is 2.36. The number of rotatable bonds is 5. The van der Waals surface area contributed by atoms with Crippen LogP contribution in [0.15, 0.2) is 24.3 Å². The second-order valence-corrected chi connectivity index (χ2v) is 8.60. The number of ether oxygens (including phenoxy) is 1. The topological polar surface area (TPSA) is 62.7 Å². The lowest BCUT2D eigenvalue weighted by atomic mass is 9.96. The number of aromatic nitrogens is 1. The first-order valence-corrected chi connectivity index (χ1v) is 10.9. The van der Waals surface area contributed by atoms with Crippen molar-refractivity contribution >= 4 is 28.8 Å². The van der Waals surface area contributed by atoms with Crippen molar-refractivity contribution in [2.45, 2.75) is 45.1 Å². The third-order valence-corrected chi connectivity index (χ3v) is 6.77. The number of hydrogen-bond donors (Lipinski definition) is 1. The van der Waals surface area contributed by atoms with Gasteiger partial charge in [0.05, 0.1) is 17.3 Å². The average Bonchev–Trinajstić information content (AvgIpc) is 2.95.